The van der Waals surface area contributed by atoms with Crippen molar-refractivity contribution < 1.29 is 9.84 Å². The van der Waals surface area contributed by atoms with Crippen LogP contribution in [0.5, 0.6) is 0 Å². The van der Waals surface area contributed by atoms with E-state index in [4.69, 9.17) is 4.74 Å². The number of ether oxygens (including phenoxy) is 1. The number of aliphatic hydroxyl groups excluding tert-OH is 1. The van der Waals surface area contributed by atoms with Gasteiger partial charge in [0.05, 0.1) is 6.10 Å². The van der Waals surface area contributed by atoms with E-state index in [2.05, 4.69) is 11.9 Å². The first-order valence-electron chi connectivity index (χ1n) is 6.31. The van der Waals surface area contributed by atoms with E-state index in [1.807, 2.05) is 11.8 Å². The molecular weight excluding hydrogens is 222 g/mol. The Kier molecular flexibility index (Phi) is 4.95. The molecule has 2 fully saturated rings. The molecule has 0 radical (unpaired) electrons. The van der Waals surface area contributed by atoms with Crippen molar-refractivity contribution in [1.29, 1.82) is 0 Å². The van der Waals surface area contributed by atoms with Crippen LogP contribution in [-0.2, 0) is 4.74 Å². The minimum Gasteiger partial charge on any atom is -0.391 e. The summed E-state index contributed by atoms with van der Waals surface area (Å²) in [7, 11) is 2.14. The van der Waals surface area contributed by atoms with E-state index in [0.717, 1.165) is 44.8 Å². The zero-order chi connectivity index (χ0) is 11.4. The van der Waals surface area contributed by atoms with Crippen molar-refractivity contribution in [3.63, 3.8) is 0 Å². The van der Waals surface area contributed by atoms with Gasteiger partial charge >= 0.3 is 0 Å². The lowest BCUT2D eigenvalue weighted by molar-refractivity contribution is 0.0192. The summed E-state index contributed by atoms with van der Waals surface area (Å²) in [4.78, 5) is 2.32. The number of aliphatic hydroxyl groups is 1. The summed E-state index contributed by atoms with van der Waals surface area (Å²) in [6.45, 7) is 2.87. The molecule has 0 aromatic rings. The number of nitrogens with zero attached hydrogens (tertiary/aromatic N) is 1. The van der Waals surface area contributed by atoms with Crippen molar-refractivity contribution in [2.45, 2.75) is 31.4 Å². The minimum atomic E-state index is -0.152. The van der Waals surface area contributed by atoms with Gasteiger partial charge in [0, 0.05) is 37.3 Å². The summed E-state index contributed by atoms with van der Waals surface area (Å²) >= 11 is 1.97. The number of hydrogen-bond donors (Lipinski definition) is 1. The van der Waals surface area contributed by atoms with Gasteiger partial charge in [-0.05, 0) is 32.2 Å². The SMILES string of the molecule is CN1CCSCC1C(O)CC1CCOCC1. The van der Waals surface area contributed by atoms with Crippen LogP contribution in [0.2, 0.25) is 0 Å². The fraction of sp³-hybridized carbons (Fsp3) is 1.00. The minimum absolute atomic E-state index is 0.152. The highest BCUT2D eigenvalue weighted by Crippen LogP contribution is 2.25. The fourth-order valence-corrected chi connectivity index (χ4v) is 3.89. The fourth-order valence-electron chi connectivity index (χ4n) is 2.59. The molecule has 1 N–H and O–H groups in total. The van der Waals surface area contributed by atoms with E-state index in [9.17, 15) is 5.11 Å². The topological polar surface area (TPSA) is 32.7 Å². The third-order valence-electron chi connectivity index (χ3n) is 3.80. The van der Waals surface area contributed by atoms with Crippen molar-refractivity contribution in [2.24, 2.45) is 5.92 Å². The largest absolute Gasteiger partial charge is 0.391 e. The maximum atomic E-state index is 10.3. The summed E-state index contributed by atoms with van der Waals surface area (Å²) in [6.07, 6.45) is 3.06. The molecule has 2 heterocycles. The van der Waals surface area contributed by atoms with E-state index in [0.29, 0.717) is 12.0 Å². The number of likely N-dealkylation sites (N-methyl/N-ethyl adjacent to an activating group) is 1. The van der Waals surface area contributed by atoms with E-state index >= 15 is 0 Å². The second-order valence-electron chi connectivity index (χ2n) is 4.98. The molecule has 0 amide bonds. The normalized spacial score (nSPS) is 31.5. The quantitative estimate of drug-likeness (QED) is 0.810. The van der Waals surface area contributed by atoms with Crippen LogP contribution >= 0.6 is 11.8 Å². The zero-order valence-electron chi connectivity index (χ0n) is 10.1. The average Bonchev–Trinajstić information content (AvgIpc) is 2.31. The van der Waals surface area contributed by atoms with Gasteiger partial charge in [-0.1, -0.05) is 0 Å². The highest BCUT2D eigenvalue weighted by atomic mass is 32.2. The maximum Gasteiger partial charge on any atom is 0.0706 e. The Bertz CT molecular complexity index is 209. The third-order valence-corrected chi connectivity index (χ3v) is 4.85. The van der Waals surface area contributed by atoms with Crippen LogP contribution in [0.15, 0.2) is 0 Å². The third kappa shape index (κ3) is 3.36. The van der Waals surface area contributed by atoms with Crippen molar-refractivity contribution in [3.8, 4) is 0 Å². The van der Waals surface area contributed by atoms with Crippen molar-refractivity contribution in [2.75, 3.05) is 38.3 Å². The second kappa shape index (κ2) is 6.24. The Hall–Kier alpha value is 0.230. The Labute approximate surface area is 103 Å². The van der Waals surface area contributed by atoms with Gasteiger partial charge < -0.3 is 9.84 Å². The average molecular weight is 245 g/mol. The second-order valence-corrected chi connectivity index (χ2v) is 6.13. The first-order valence-corrected chi connectivity index (χ1v) is 7.46. The predicted octanol–water partition coefficient (Wildman–Crippen LogP) is 1.21. The van der Waals surface area contributed by atoms with Crippen molar-refractivity contribution in [3.05, 3.63) is 0 Å². The monoisotopic (exact) mass is 245 g/mol. The molecule has 2 saturated heterocycles. The molecule has 0 aromatic carbocycles. The first-order chi connectivity index (χ1) is 7.77. The number of rotatable bonds is 3. The van der Waals surface area contributed by atoms with Gasteiger partial charge in [0.15, 0.2) is 0 Å². The summed E-state index contributed by atoms with van der Waals surface area (Å²) < 4.78 is 5.35. The molecule has 2 aliphatic heterocycles. The Morgan fingerprint density at radius 2 is 2.19 bits per heavy atom. The summed E-state index contributed by atoms with van der Waals surface area (Å²) in [6, 6.07) is 0.363. The Morgan fingerprint density at radius 1 is 1.44 bits per heavy atom. The van der Waals surface area contributed by atoms with Crippen LogP contribution in [-0.4, -0.2) is 60.5 Å². The molecule has 2 unspecified atom stereocenters. The highest BCUT2D eigenvalue weighted by Gasteiger charge is 2.28. The van der Waals surface area contributed by atoms with Crippen LogP contribution in [0.4, 0.5) is 0 Å². The van der Waals surface area contributed by atoms with Gasteiger partial charge in [0.25, 0.3) is 0 Å². The van der Waals surface area contributed by atoms with Gasteiger partial charge in [-0.15, -0.1) is 0 Å². The lowest BCUT2D eigenvalue weighted by atomic mass is 9.91. The van der Waals surface area contributed by atoms with Crippen LogP contribution in [0.3, 0.4) is 0 Å². The lowest BCUT2D eigenvalue weighted by Gasteiger charge is -2.37. The molecule has 2 atom stereocenters. The molecule has 0 bridgehead atoms. The van der Waals surface area contributed by atoms with Crippen molar-refractivity contribution in [1.82, 2.24) is 4.90 Å². The Morgan fingerprint density at radius 3 is 2.88 bits per heavy atom. The van der Waals surface area contributed by atoms with Gasteiger partial charge in [-0.3, -0.25) is 4.90 Å². The zero-order valence-corrected chi connectivity index (χ0v) is 10.9. The molecule has 0 saturated carbocycles. The van der Waals surface area contributed by atoms with Gasteiger partial charge in [-0.2, -0.15) is 11.8 Å². The predicted molar refractivity (Wildman–Crippen MR) is 67.9 cm³/mol. The van der Waals surface area contributed by atoms with Crippen LogP contribution < -0.4 is 0 Å². The molecule has 2 rings (SSSR count). The lowest BCUT2D eigenvalue weighted by Crippen LogP contribution is -2.47. The van der Waals surface area contributed by atoms with Crippen molar-refractivity contribution >= 4 is 11.8 Å². The van der Waals surface area contributed by atoms with Gasteiger partial charge in [-0.25, -0.2) is 0 Å². The molecule has 0 spiro atoms. The number of hydrogen-bond acceptors (Lipinski definition) is 4. The van der Waals surface area contributed by atoms with Crippen LogP contribution in [0.1, 0.15) is 19.3 Å². The molecule has 16 heavy (non-hydrogen) atoms. The van der Waals surface area contributed by atoms with Crippen LogP contribution in [0.25, 0.3) is 0 Å². The van der Waals surface area contributed by atoms with Gasteiger partial charge in [0.1, 0.15) is 0 Å². The summed E-state index contributed by atoms with van der Waals surface area (Å²) in [5.41, 5.74) is 0. The molecule has 4 heteroatoms. The molecule has 3 nitrogen and oxygen atoms in total. The standard InChI is InChI=1S/C12H23NO2S/c1-13-4-7-16-9-11(13)12(14)8-10-2-5-15-6-3-10/h10-12,14H,2-9H2,1H3. The van der Waals surface area contributed by atoms with E-state index in [1.54, 1.807) is 0 Å². The van der Waals surface area contributed by atoms with Crippen LogP contribution in [0, 0.1) is 5.92 Å². The molecule has 0 aromatic heterocycles. The summed E-state index contributed by atoms with van der Waals surface area (Å²) in [5, 5.41) is 10.3. The molecule has 2 aliphatic rings. The summed E-state index contributed by atoms with van der Waals surface area (Å²) in [5.74, 6) is 2.96. The van der Waals surface area contributed by atoms with Gasteiger partial charge in [0.2, 0.25) is 0 Å². The molecular formula is C12H23NO2S. The molecule has 0 aliphatic carbocycles. The van der Waals surface area contributed by atoms with E-state index in [1.165, 1.54) is 5.75 Å². The number of thioether (sulfide) groups is 1. The van der Waals surface area contributed by atoms with E-state index < -0.39 is 0 Å². The van der Waals surface area contributed by atoms with E-state index in [-0.39, 0.29) is 6.10 Å². The molecule has 94 valence electrons. The Balaban J connectivity index is 1.78. The maximum absolute atomic E-state index is 10.3. The first kappa shape index (κ1) is 12.7. The smallest absolute Gasteiger partial charge is 0.0706 e. The highest BCUT2D eigenvalue weighted by molar-refractivity contribution is 7.99.